The SMILES string of the molecule is CNc1cc(C)ncc1C(=O)NCCOC1CCCCC1. The molecule has 2 N–H and O–H groups in total. The summed E-state index contributed by atoms with van der Waals surface area (Å²) in [6.45, 7) is 3.01. The maximum atomic E-state index is 12.1. The van der Waals surface area contributed by atoms with E-state index >= 15 is 0 Å². The van der Waals surface area contributed by atoms with Crippen molar-refractivity contribution in [1.29, 1.82) is 0 Å². The van der Waals surface area contributed by atoms with Crippen LogP contribution < -0.4 is 10.6 Å². The number of amides is 1. The molecular weight excluding hydrogens is 266 g/mol. The van der Waals surface area contributed by atoms with Crippen molar-refractivity contribution in [2.75, 3.05) is 25.5 Å². The van der Waals surface area contributed by atoms with Gasteiger partial charge in [-0.25, -0.2) is 0 Å². The Morgan fingerprint density at radius 1 is 1.38 bits per heavy atom. The molecule has 5 nitrogen and oxygen atoms in total. The number of nitrogens with zero attached hydrogens (tertiary/aromatic N) is 1. The second-order valence-corrected chi connectivity index (χ2v) is 5.51. The third kappa shape index (κ3) is 4.70. The molecule has 1 heterocycles. The molecule has 1 aromatic rings. The molecule has 0 atom stereocenters. The van der Waals surface area contributed by atoms with Gasteiger partial charge in [0.05, 0.1) is 24.0 Å². The van der Waals surface area contributed by atoms with Crippen LogP contribution in [0.5, 0.6) is 0 Å². The molecule has 2 rings (SSSR count). The summed E-state index contributed by atoms with van der Waals surface area (Å²) in [5.41, 5.74) is 2.26. The van der Waals surface area contributed by atoms with Crippen molar-refractivity contribution in [3.05, 3.63) is 23.5 Å². The molecule has 0 bridgehead atoms. The summed E-state index contributed by atoms with van der Waals surface area (Å²) in [5.74, 6) is -0.112. The first-order chi connectivity index (χ1) is 10.2. The minimum absolute atomic E-state index is 0.112. The lowest BCUT2D eigenvalue weighted by atomic mass is 9.98. The highest BCUT2D eigenvalue weighted by Gasteiger charge is 2.14. The molecular formula is C16H25N3O2. The van der Waals surface area contributed by atoms with E-state index in [1.165, 1.54) is 19.3 Å². The van der Waals surface area contributed by atoms with E-state index < -0.39 is 0 Å². The quantitative estimate of drug-likeness (QED) is 0.791. The number of hydrogen-bond donors (Lipinski definition) is 2. The zero-order chi connectivity index (χ0) is 15.1. The molecule has 0 spiro atoms. The minimum Gasteiger partial charge on any atom is -0.387 e. The predicted octanol–water partition coefficient (Wildman–Crippen LogP) is 2.51. The number of pyridine rings is 1. The molecule has 0 unspecified atom stereocenters. The average Bonchev–Trinajstić information content (AvgIpc) is 2.52. The fourth-order valence-corrected chi connectivity index (χ4v) is 2.66. The predicted molar refractivity (Wildman–Crippen MR) is 83.7 cm³/mol. The molecule has 1 saturated carbocycles. The van der Waals surface area contributed by atoms with E-state index in [1.807, 2.05) is 13.0 Å². The Balaban J connectivity index is 1.76. The Kier molecular flexibility index (Phi) is 5.99. The third-order valence-corrected chi connectivity index (χ3v) is 3.85. The highest BCUT2D eigenvalue weighted by molar-refractivity contribution is 5.99. The fourth-order valence-electron chi connectivity index (χ4n) is 2.66. The van der Waals surface area contributed by atoms with E-state index in [2.05, 4.69) is 15.6 Å². The van der Waals surface area contributed by atoms with Gasteiger partial charge >= 0.3 is 0 Å². The van der Waals surface area contributed by atoms with Gasteiger partial charge in [0.25, 0.3) is 5.91 Å². The molecule has 1 aliphatic carbocycles. The van der Waals surface area contributed by atoms with Gasteiger partial charge in [0.15, 0.2) is 0 Å². The fraction of sp³-hybridized carbons (Fsp3) is 0.625. The van der Waals surface area contributed by atoms with Gasteiger partial charge in [-0.15, -0.1) is 0 Å². The lowest BCUT2D eigenvalue weighted by molar-refractivity contribution is 0.0299. The van der Waals surface area contributed by atoms with E-state index in [-0.39, 0.29) is 5.91 Å². The summed E-state index contributed by atoms with van der Waals surface area (Å²) in [5, 5.41) is 5.92. The Morgan fingerprint density at radius 3 is 2.86 bits per heavy atom. The van der Waals surface area contributed by atoms with Crippen LogP contribution in [0.2, 0.25) is 0 Å². The van der Waals surface area contributed by atoms with Crippen molar-refractivity contribution < 1.29 is 9.53 Å². The van der Waals surface area contributed by atoms with E-state index in [9.17, 15) is 4.79 Å². The van der Waals surface area contributed by atoms with Crippen molar-refractivity contribution in [3.8, 4) is 0 Å². The molecule has 0 aliphatic heterocycles. The lowest BCUT2D eigenvalue weighted by Gasteiger charge is -2.22. The molecule has 1 amide bonds. The van der Waals surface area contributed by atoms with E-state index in [4.69, 9.17) is 4.74 Å². The summed E-state index contributed by atoms with van der Waals surface area (Å²) >= 11 is 0. The van der Waals surface area contributed by atoms with Crippen LogP contribution in [0.25, 0.3) is 0 Å². The average molecular weight is 291 g/mol. The zero-order valence-corrected chi connectivity index (χ0v) is 12.9. The van der Waals surface area contributed by atoms with Crippen LogP contribution in [0, 0.1) is 6.92 Å². The van der Waals surface area contributed by atoms with E-state index in [0.29, 0.717) is 24.8 Å². The number of carbonyl (C=O) groups excluding carboxylic acids is 1. The maximum Gasteiger partial charge on any atom is 0.255 e. The van der Waals surface area contributed by atoms with Gasteiger partial charge in [-0.1, -0.05) is 19.3 Å². The molecule has 0 radical (unpaired) electrons. The van der Waals surface area contributed by atoms with E-state index in [0.717, 1.165) is 24.2 Å². The van der Waals surface area contributed by atoms with E-state index in [1.54, 1.807) is 13.2 Å². The first kappa shape index (κ1) is 15.8. The largest absolute Gasteiger partial charge is 0.387 e. The van der Waals surface area contributed by atoms with Crippen LogP contribution in [-0.2, 0) is 4.74 Å². The van der Waals surface area contributed by atoms with Gasteiger partial charge in [0, 0.05) is 25.5 Å². The molecule has 1 fully saturated rings. The van der Waals surface area contributed by atoms with Crippen LogP contribution in [0.3, 0.4) is 0 Å². The molecule has 5 heteroatoms. The number of rotatable bonds is 6. The third-order valence-electron chi connectivity index (χ3n) is 3.85. The molecule has 116 valence electrons. The summed E-state index contributed by atoms with van der Waals surface area (Å²) in [7, 11) is 1.80. The summed E-state index contributed by atoms with van der Waals surface area (Å²) < 4.78 is 5.80. The first-order valence-electron chi connectivity index (χ1n) is 7.75. The van der Waals surface area contributed by atoms with Crippen molar-refractivity contribution in [3.63, 3.8) is 0 Å². The second-order valence-electron chi connectivity index (χ2n) is 5.51. The molecule has 0 aromatic carbocycles. The topological polar surface area (TPSA) is 63.2 Å². The number of nitrogens with one attached hydrogen (secondary N) is 2. The van der Waals surface area contributed by atoms with Crippen LogP contribution in [0.15, 0.2) is 12.3 Å². The van der Waals surface area contributed by atoms with Gasteiger partial charge < -0.3 is 15.4 Å². The first-order valence-corrected chi connectivity index (χ1v) is 7.75. The van der Waals surface area contributed by atoms with Gasteiger partial charge in [-0.3, -0.25) is 9.78 Å². The van der Waals surface area contributed by atoms with Crippen LogP contribution >= 0.6 is 0 Å². The summed E-state index contributed by atoms with van der Waals surface area (Å²) in [6, 6.07) is 1.87. The second kappa shape index (κ2) is 7.98. The summed E-state index contributed by atoms with van der Waals surface area (Å²) in [4.78, 5) is 16.3. The standard InChI is InChI=1S/C16H25N3O2/c1-12-10-15(17-2)14(11-19-12)16(20)18-8-9-21-13-6-4-3-5-7-13/h10-11,13H,3-9H2,1-2H3,(H,17,19)(H,18,20). The molecule has 21 heavy (non-hydrogen) atoms. The van der Waals surface area contributed by atoms with Gasteiger partial charge in [-0.05, 0) is 25.8 Å². The van der Waals surface area contributed by atoms with Crippen molar-refractivity contribution >= 4 is 11.6 Å². The molecule has 0 saturated heterocycles. The number of hydrogen-bond acceptors (Lipinski definition) is 4. The smallest absolute Gasteiger partial charge is 0.255 e. The molecule has 1 aromatic heterocycles. The van der Waals surface area contributed by atoms with Crippen LogP contribution in [0.1, 0.15) is 48.2 Å². The number of aromatic nitrogens is 1. The van der Waals surface area contributed by atoms with Gasteiger partial charge in [0.2, 0.25) is 0 Å². The normalized spacial score (nSPS) is 15.7. The molecule has 1 aliphatic rings. The Labute approximate surface area is 126 Å². The highest BCUT2D eigenvalue weighted by atomic mass is 16.5. The maximum absolute atomic E-state index is 12.1. The van der Waals surface area contributed by atoms with Crippen molar-refractivity contribution in [2.24, 2.45) is 0 Å². The van der Waals surface area contributed by atoms with Crippen LogP contribution in [-0.4, -0.2) is 37.2 Å². The monoisotopic (exact) mass is 291 g/mol. The summed E-state index contributed by atoms with van der Waals surface area (Å²) in [6.07, 6.45) is 8.14. The minimum atomic E-state index is -0.112. The number of aryl methyl sites for hydroxylation is 1. The Hall–Kier alpha value is -1.62. The Bertz CT molecular complexity index is 471. The number of ether oxygens (including phenoxy) is 1. The number of anilines is 1. The van der Waals surface area contributed by atoms with Gasteiger partial charge in [0.1, 0.15) is 0 Å². The van der Waals surface area contributed by atoms with Crippen molar-refractivity contribution in [2.45, 2.75) is 45.1 Å². The van der Waals surface area contributed by atoms with Gasteiger partial charge in [-0.2, -0.15) is 0 Å². The van der Waals surface area contributed by atoms with Crippen LogP contribution in [0.4, 0.5) is 5.69 Å². The number of carbonyl (C=O) groups is 1. The Morgan fingerprint density at radius 2 is 2.14 bits per heavy atom. The lowest BCUT2D eigenvalue weighted by Crippen LogP contribution is -2.30. The zero-order valence-electron chi connectivity index (χ0n) is 12.9. The van der Waals surface area contributed by atoms with Crippen molar-refractivity contribution in [1.82, 2.24) is 10.3 Å². The highest BCUT2D eigenvalue weighted by Crippen LogP contribution is 2.20.